The van der Waals surface area contributed by atoms with Crippen LogP contribution in [0, 0.1) is 5.82 Å². The highest BCUT2D eigenvalue weighted by Gasteiger charge is 2.10. The largest absolute Gasteiger partial charge is 0.387 e. The average molecular weight is 223 g/mol. The lowest BCUT2D eigenvalue weighted by molar-refractivity contribution is 0.181. The number of nitrogens with one attached hydrogen (secondary N) is 2. The topological polar surface area (TPSA) is 56.6 Å². The van der Waals surface area contributed by atoms with Crippen LogP contribution in [0.4, 0.5) is 4.39 Å². The minimum absolute atomic E-state index is 0.300. The average Bonchev–Trinajstić information content (AvgIpc) is 2.80. The molecule has 5 heteroatoms. The molecule has 3 N–H and O–H groups in total. The maximum absolute atomic E-state index is 12.7. The SMILES string of the molecule is OC(CNC1=NCCN1)c1ccc(F)cc1. The molecule has 1 unspecified atom stereocenters. The molecule has 2 rings (SSSR count). The van der Waals surface area contributed by atoms with Gasteiger partial charge in [-0.05, 0) is 17.7 Å². The molecule has 0 amide bonds. The normalized spacial score (nSPS) is 16.5. The molecule has 0 aliphatic carbocycles. The van der Waals surface area contributed by atoms with Crippen molar-refractivity contribution in [3.05, 3.63) is 35.6 Å². The van der Waals surface area contributed by atoms with Crippen LogP contribution in [0.3, 0.4) is 0 Å². The first-order chi connectivity index (χ1) is 7.75. The van der Waals surface area contributed by atoms with Gasteiger partial charge >= 0.3 is 0 Å². The summed E-state index contributed by atoms with van der Waals surface area (Å²) in [5, 5.41) is 15.8. The molecule has 1 aliphatic rings. The Hall–Kier alpha value is -1.62. The van der Waals surface area contributed by atoms with Gasteiger partial charge in [0.1, 0.15) is 5.82 Å². The number of halogens is 1. The molecule has 16 heavy (non-hydrogen) atoms. The van der Waals surface area contributed by atoms with Gasteiger partial charge in [0.05, 0.1) is 12.6 Å². The number of benzene rings is 1. The molecular weight excluding hydrogens is 209 g/mol. The second kappa shape index (κ2) is 4.94. The van der Waals surface area contributed by atoms with Gasteiger partial charge in [0, 0.05) is 13.1 Å². The summed E-state index contributed by atoms with van der Waals surface area (Å²) >= 11 is 0. The first kappa shape index (κ1) is 10.9. The van der Waals surface area contributed by atoms with E-state index in [1.807, 2.05) is 0 Å². The van der Waals surface area contributed by atoms with Gasteiger partial charge in [0.2, 0.25) is 0 Å². The molecule has 0 aromatic heterocycles. The standard InChI is InChI=1S/C11H14FN3O/c12-9-3-1-8(2-4-9)10(16)7-15-11-13-5-6-14-11/h1-4,10,16H,5-7H2,(H2,13,14,15). The summed E-state index contributed by atoms with van der Waals surface area (Å²) in [4.78, 5) is 4.14. The number of nitrogens with zero attached hydrogens (tertiary/aromatic N) is 1. The fourth-order valence-electron chi connectivity index (χ4n) is 1.51. The Labute approximate surface area is 93.2 Å². The summed E-state index contributed by atoms with van der Waals surface area (Å²) in [6, 6.07) is 5.82. The fraction of sp³-hybridized carbons (Fsp3) is 0.364. The van der Waals surface area contributed by atoms with Crippen molar-refractivity contribution < 1.29 is 9.50 Å². The van der Waals surface area contributed by atoms with E-state index >= 15 is 0 Å². The molecular formula is C11H14FN3O. The second-order valence-electron chi connectivity index (χ2n) is 3.61. The number of hydrogen-bond donors (Lipinski definition) is 3. The Morgan fingerprint density at radius 3 is 2.81 bits per heavy atom. The van der Waals surface area contributed by atoms with Gasteiger partial charge in [-0.25, -0.2) is 4.39 Å². The quantitative estimate of drug-likeness (QED) is 0.695. The van der Waals surface area contributed by atoms with E-state index in [0.717, 1.165) is 13.1 Å². The molecule has 1 atom stereocenters. The fourth-order valence-corrected chi connectivity index (χ4v) is 1.51. The summed E-state index contributed by atoms with van der Waals surface area (Å²) in [5.41, 5.74) is 0.687. The summed E-state index contributed by atoms with van der Waals surface area (Å²) in [7, 11) is 0. The molecule has 1 aliphatic heterocycles. The third-order valence-electron chi connectivity index (χ3n) is 2.39. The van der Waals surface area contributed by atoms with Gasteiger partial charge in [0.25, 0.3) is 0 Å². The Morgan fingerprint density at radius 2 is 2.19 bits per heavy atom. The third-order valence-corrected chi connectivity index (χ3v) is 2.39. The van der Waals surface area contributed by atoms with Crippen LogP contribution in [-0.4, -0.2) is 30.7 Å². The van der Waals surface area contributed by atoms with Gasteiger partial charge in [-0.1, -0.05) is 12.1 Å². The van der Waals surface area contributed by atoms with Gasteiger partial charge < -0.3 is 15.7 Å². The monoisotopic (exact) mass is 223 g/mol. The van der Waals surface area contributed by atoms with E-state index in [1.165, 1.54) is 12.1 Å². The number of aliphatic hydroxyl groups excluding tert-OH is 1. The van der Waals surface area contributed by atoms with E-state index < -0.39 is 6.10 Å². The Morgan fingerprint density at radius 1 is 1.44 bits per heavy atom. The van der Waals surface area contributed by atoms with Crippen molar-refractivity contribution in [3.8, 4) is 0 Å². The van der Waals surface area contributed by atoms with Crippen molar-refractivity contribution in [2.24, 2.45) is 4.99 Å². The van der Waals surface area contributed by atoms with E-state index in [-0.39, 0.29) is 5.82 Å². The Balaban J connectivity index is 1.87. The number of rotatable bonds is 3. The summed E-state index contributed by atoms with van der Waals surface area (Å²) < 4.78 is 12.7. The van der Waals surface area contributed by atoms with Crippen LogP contribution in [0.1, 0.15) is 11.7 Å². The molecule has 0 saturated heterocycles. The van der Waals surface area contributed by atoms with Gasteiger partial charge in [0.15, 0.2) is 5.96 Å². The number of hydrogen-bond acceptors (Lipinski definition) is 4. The molecule has 0 saturated carbocycles. The Kier molecular flexibility index (Phi) is 3.36. The second-order valence-corrected chi connectivity index (χ2v) is 3.61. The van der Waals surface area contributed by atoms with Crippen molar-refractivity contribution in [1.29, 1.82) is 0 Å². The third kappa shape index (κ3) is 2.70. The highest BCUT2D eigenvalue weighted by Crippen LogP contribution is 2.12. The van der Waals surface area contributed by atoms with Crippen LogP contribution in [0.5, 0.6) is 0 Å². The minimum Gasteiger partial charge on any atom is -0.387 e. The van der Waals surface area contributed by atoms with Crippen LogP contribution in [0.2, 0.25) is 0 Å². The van der Waals surface area contributed by atoms with Crippen molar-refractivity contribution in [2.45, 2.75) is 6.10 Å². The molecule has 4 nitrogen and oxygen atoms in total. The summed E-state index contributed by atoms with van der Waals surface area (Å²) in [5.74, 6) is 0.409. The highest BCUT2D eigenvalue weighted by molar-refractivity contribution is 5.81. The van der Waals surface area contributed by atoms with Gasteiger partial charge in [-0.15, -0.1) is 0 Å². The maximum Gasteiger partial charge on any atom is 0.191 e. The van der Waals surface area contributed by atoms with Crippen molar-refractivity contribution >= 4 is 5.96 Å². The lowest BCUT2D eigenvalue weighted by Gasteiger charge is -2.13. The van der Waals surface area contributed by atoms with E-state index in [4.69, 9.17) is 0 Å². The highest BCUT2D eigenvalue weighted by atomic mass is 19.1. The molecule has 1 aromatic carbocycles. The number of aliphatic imine (C=N–C) groups is 1. The molecule has 1 aromatic rings. The zero-order valence-electron chi connectivity index (χ0n) is 8.78. The minimum atomic E-state index is -0.661. The molecule has 0 radical (unpaired) electrons. The molecule has 0 fully saturated rings. The lowest BCUT2D eigenvalue weighted by Crippen LogP contribution is -2.36. The molecule has 0 bridgehead atoms. The van der Waals surface area contributed by atoms with Crippen LogP contribution in [0.15, 0.2) is 29.3 Å². The van der Waals surface area contributed by atoms with E-state index in [0.29, 0.717) is 18.1 Å². The summed E-state index contributed by atoms with van der Waals surface area (Å²) in [6.07, 6.45) is -0.661. The summed E-state index contributed by atoms with van der Waals surface area (Å²) in [6.45, 7) is 1.95. The molecule has 86 valence electrons. The van der Waals surface area contributed by atoms with Crippen LogP contribution >= 0.6 is 0 Å². The predicted octanol–water partition coefficient (Wildman–Crippen LogP) is 0.408. The van der Waals surface area contributed by atoms with Gasteiger partial charge in [-0.3, -0.25) is 4.99 Å². The van der Waals surface area contributed by atoms with Gasteiger partial charge in [-0.2, -0.15) is 0 Å². The van der Waals surface area contributed by atoms with Crippen molar-refractivity contribution in [3.63, 3.8) is 0 Å². The zero-order chi connectivity index (χ0) is 11.4. The Bertz CT molecular complexity index is 377. The maximum atomic E-state index is 12.7. The van der Waals surface area contributed by atoms with Crippen molar-refractivity contribution in [2.75, 3.05) is 19.6 Å². The first-order valence-corrected chi connectivity index (χ1v) is 5.21. The van der Waals surface area contributed by atoms with Crippen LogP contribution < -0.4 is 10.6 Å². The van der Waals surface area contributed by atoms with E-state index in [1.54, 1.807) is 12.1 Å². The zero-order valence-corrected chi connectivity index (χ0v) is 8.78. The predicted molar refractivity (Wildman–Crippen MR) is 59.7 cm³/mol. The van der Waals surface area contributed by atoms with Crippen molar-refractivity contribution in [1.82, 2.24) is 10.6 Å². The van der Waals surface area contributed by atoms with Crippen LogP contribution in [0.25, 0.3) is 0 Å². The smallest absolute Gasteiger partial charge is 0.191 e. The number of aliphatic hydroxyl groups is 1. The van der Waals surface area contributed by atoms with E-state index in [9.17, 15) is 9.50 Å². The molecule has 1 heterocycles. The van der Waals surface area contributed by atoms with E-state index in [2.05, 4.69) is 15.6 Å². The molecule has 0 spiro atoms. The number of guanidine groups is 1. The van der Waals surface area contributed by atoms with Crippen LogP contribution in [-0.2, 0) is 0 Å². The first-order valence-electron chi connectivity index (χ1n) is 5.21. The lowest BCUT2D eigenvalue weighted by atomic mass is 10.1.